The molecule has 4 heteroatoms. The van der Waals surface area contributed by atoms with Crippen molar-refractivity contribution in [2.24, 2.45) is 0 Å². The third-order valence-electron chi connectivity index (χ3n) is 13.6. The van der Waals surface area contributed by atoms with E-state index in [1.165, 1.54) is 26.9 Å². The van der Waals surface area contributed by atoms with Crippen LogP contribution in [0.5, 0.6) is 0 Å². The van der Waals surface area contributed by atoms with Crippen LogP contribution in [0.4, 0.5) is 17.1 Å². The van der Waals surface area contributed by atoms with E-state index < -0.39 is 0 Å². The van der Waals surface area contributed by atoms with Gasteiger partial charge in [-0.05, 0) is 94.0 Å². The van der Waals surface area contributed by atoms with Crippen molar-refractivity contribution in [3.63, 3.8) is 0 Å². The Balaban J connectivity index is 1.08. The second kappa shape index (κ2) is 14.3. The van der Waals surface area contributed by atoms with Crippen LogP contribution < -0.4 is 4.90 Å². The summed E-state index contributed by atoms with van der Waals surface area (Å²) >= 11 is 0. The molecule has 66 heavy (non-hydrogen) atoms. The van der Waals surface area contributed by atoms with Crippen LogP contribution in [0.1, 0.15) is 0 Å². The maximum atomic E-state index is 7.11. The number of para-hydroxylation sites is 5. The average molecular weight is 843 g/mol. The maximum Gasteiger partial charge on any atom is 0.145 e. The molecular formula is C62H38N2O2. The summed E-state index contributed by atoms with van der Waals surface area (Å²) in [5.41, 5.74) is 14.3. The molecule has 0 aliphatic rings. The van der Waals surface area contributed by atoms with E-state index in [0.717, 1.165) is 105 Å². The van der Waals surface area contributed by atoms with Crippen molar-refractivity contribution in [2.75, 3.05) is 4.90 Å². The lowest BCUT2D eigenvalue weighted by Gasteiger charge is -2.30. The summed E-state index contributed by atoms with van der Waals surface area (Å²) in [6, 6.07) is 82.8. The molecule has 0 aliphatic heterocycles. The SMILES string of the molecule is c1ccc(-n2c3ccccc3c3ccccc32)c(-c2c(N(c3ccc(-c4cccc5oc6ccccc6c45)cc3)c3cc4ccccc4c4ccccc34)ccc3c2oc2ccccc23)c1. The molecule has 11 aromatic carbocycles. The number of hydrogen-bond donors (Lipinski definition) is 0. The molecule has 14 rings (SSSR count). The Hall–Kier alpha value is -8.86. The molecule has 0 fully saturated rings. The fourth-order valence-electron chi connectivity index (χ4n) is 10.7. The van der Waals surface area contributed by atoms with Crippen LogP contribution in [0.25, 0.3) is 115 Å². The van der Waals surface area contributed by atoms with Gasteiger partial charge >= 0.3 is 0 Å². The van der Waals surface area contributed by atoms with E-state index in [4.69, 9.17) is 8.83 Å². The van der Waals surface area contributed by atoms with Gasteiger partial charge in [0.25, 0.3) is 0 Å². The standard InChI is InChI=1S/C62H38N2O2/c1-2-17-42-40(16-1)38-56(45-19-4-3-18-44(42)45)63(41-34-32-39(33-35-41)43-25-15-31-59-60(43)51-24-9-14-30-58(51)65-59)55-37-36-49-48-22-8-13-29-57(48)66-62(49)61(55)50-23-7-12-28-54(50)64-52-26-10-5-20-46(52)47-21-6-11-27-53(47)64/h1-38H. The quantitative estimate of drug-likeness (QED) is 0.156. The normalized spacial score (nSPS) is 11.9. The lowest BCUT2D eigenvalue weighted by molar-refractivity contribution is 0.669. The largest absolute Gasteiger partial charge is 0.456 e. The van der Waals surface area contributed by atoms with E-state index in [1.54, 1.807) is 0 Å². The molecule has 0 amide bonds. The van der Waals surface area contributed by atoms with Crippen LogP contribution >= 0.6 is 0 Å². The highest BCUT2D eigenvalue weighted by atomic mass is 16.3. The lowest BCUT2D eigenvalue weighted by atomic mass is 9.94. The summed E-state index contributed by atoms with van der Waals surface area (Å²) in [6.07, 6.45) is 0. The number of rotatable bonds is 6. The molecule has 0 aliphatic carbocycles. The zero-order chi connectivity index (χ0) is 43.3. The number of nitrogens with zero attached hydrogens (tertiary/aromatic N) is 2. The molecule has 0 saturated carbocycles. The van der Waals surface area contributed by atoms with Gasteiger partial charge in [-0.1, -0.05) is 164 Å². The molecule has 0 spiro atoms. The minimum Gasteiger partial charge on any atom is -0.456 e. The molecule has 0 radical (unpaired) electrons. The number of benzene rings is 11. The fraction of sp³-hybridized carbons (Fsp3) is 0. The second-order valence-electron chi connectivity index (χ2n) is 17.1. The summed E-state index contributed by atoms with van der Waals surface area (Å²) in [7, 11) is 0. The summed E-state index contributed by atoms with van der Waals surface area (Å²) in [4.78, 5) is 2.46. The molecule has 0 atom stereocenters. The summed E-state index contributed by atoms with van der Waals surface area (Å²) in [5, 5.41) is 11.6. The molecule has 0 N–H and O–H groups in total. The molecule has 3 heterocycles. The number of fused-ring (bicyclic) bond motifs is 12. The van der Waals surface area contributed by atoms with Crippen LogP contribution in [-0.2, 0) is 0 Å². The Labute approximate surface area is 379 Å². The number of aromatic nitrogens is 1. The van der Waals surface area contributed by atoms with Gasteiger partial charge in [0, 0.05) is 49.0 Å². The van der Waals surface area contributed by atoms with Crippen LogP contribution in [0.15, 0.2) is 239 Å². The van der Waals surface area contributed by atoms with E-state index >= 15 is 0 Å². The molecule has 0 unspecified atom stereocenters. The summed E-state index contributed by atoms with van der Waals surface area (Å²) in [5.74, 6) is 0. The van der Waals surface area contributed by atoms with Crippen molar-refractivity contribution in [1.29, 1.82) is 0 Å². The number of anilines is 3. The first-order chi connectivity index (χ1) is 32.8. The number of hydrogen-bond acceptors (Lipinski definition) is 3. The Morgan fingerprint density at radius 2 is 0.924 bits per heavy atom. The predicted molar refractivity (Wildman–Crippen MR) is 276 cm³/mol. The molecule has 308 valence electrons. The Kier molecular flexibility index (Phi) is 7.95. The van der Waals surface area contributed by atoms with Crippen LogP contribution in [0.3, 0.4) is 0 Å². The van der Waals surface area contributed by atoms with E-state index in [-0.39, 0.29) is 0 Å². The first-order valence-electron chi connectivity index (χ1n) is 22.5. The van der Waals surface area contributed by atoms with Gasteiger partial charge in [0.2, 0.25) is 0 Å². The van der Waals surface area contributed by atoms with Crippen molar-refractivity contribution in [3.05, 3.63) is 231 Å². The van der Waals surface area contributed by atoms with E-state index in [1.807, 2.05) is 12.1 Å². The summed E-state index contributed by atoms with van der Waals surface area (Å²) in [6.45, 7) is 0. The van der Waals surface area contributed by atoms with Crippen molar-refractivity contribution in [1.82, 2.24) is 4.57 Å². The molecule has 0 bridgehead atoms. The first-order valence-corrected chi connectivity index (χ1v) is 22.5. The zero-order valence-corrected chi connectivity index (χ0v) is 35.7. The zero-order valence-electron chi connectivity index (χ0n) is 35.7. The van der Waals surface area contributed by atoms with Gasteiger partial charge in [-0.15, -0.1) is 0 Å². The highest BCUT2D eigenvalue weighted by Crippen LogP contribution is 2.51. The van der Waals surface area contributed by atoms with Gasteiger partial charge in [0.05, 0.1) is 33.7 Å². The van der Waals surface area contributed by atoms with E-state index in [0.29, 0.717) is 0 Å². The van der Waals surface area contributed by atoms with Gasteiger partial charge in [0.1, 0.15) is 22.3 Å². The van der Waals surface area contributed by atoms with Crippen LogP contribution in [0, 0.1) is 0 Å². The van der Waals surface area contributed by atoms with Crippen LogP contribution in [0.2, 0.25) is 0 Å². The van der Waals surface area contributed by atoms with Crippen LogP contribution in [-0.4, -0.2) is 4.57 Å². The maximum absolute atomic E-state index is 7.11. The number of furan rings is 2. The Bertz CT molecular complexity index is 4190. The third kappa shape index (κ3) is 5.39. The second-order valence-corrected chi connectivity index (χ2v) is 17.1. The van der Waals surface area contributed by atoms with Gasteiger partial charge < -0.3 is 18.3 Å². The monoisotopic (exact) mass is 842 g/mol. The third-order valence-corrected chi connectivity index (χ3v) is 13.6. The van der Waals surface area contributed by atoms with Crippen molar-refractivity contribution >= 4 is 104 Å². The molecular weight excluding hydrogens is 805 g/mol. The van der Waals surface area contributed by atoms with Gasteiger partial charge in [-0.2, -0.15) is 0 Å². The Morgan fingerprint density at radius 3 is 1.70 bits per heavy atom. The molecule has 14 aromatic rings. The topological polar surface area (TPSA) is 34.5 Å². The predicted octanol–water partition coefficient (Wildman–Crippen LogP) is 17.7. The summed E-state index contributed by atoms with van der Waals surface area (Å²) < 4.78 is 15.9. The highest BCUT2D eigenvalue weighted by Gasteiger charge is 2.27. The highest BCUT2D eigenvalue weighted by molar-refractivity contribution is 6.19. The van der Waals surface area contributed by atoms with Crippen molar-refractivity contribution in [3.8, 4) is 27.9 Å². The van der Waals surface area contributed by atoms with Gasteiger partial charge in [-0.25, -0.2) is 0 Å². The molecule has 4 nitrogen and oxygen atoms in total. The van der Waals surface area contributed by atoms with E-state index in [9.17, 15) is 0 Å². The minimum absolute atomic E-state index is 0.840. The Morgan fingerprint density at radius 1 is 0.348 bits per heavy atom. The molecule has 3 aromatic heterocycles. The van der Waals surface area contributed by atoms with E-state index in [2.05, 4.69) is 228 Å². The average Bonchev–Trinajstić information content (AvgIpc) is 4.07. The van der Waals surface area contributed by atoms with Gasteiger partial charge in [0.15, 0.2) is 0 Å². The first kappa shape index (κ1) is 36.6. The fourth-order valence-corrected chi connectivity index (χ4v) is 10.7. The lowest BCUT2D eigenvalue weighted by Crippen LogP contribution is -2.12. The molecule has 0 saturated heterocycles. The van der Waals surface area contributed by atoms with Gasteiger partial charge in [-0.3, -0.25) is 0 Å². The smallest absolute Gasteiger partial charge is 0.145 e. The van der Waals surface area contributed by atoms with Crippen molar-refractivity contribution in [2.45, 2.75) is 0 Å². The van der Waals surface area contributed by atoms with Crippen molar-refractivity contribution < 1.29 is 8.83 Å². The minimum atomic E-state index is 0.840.